The Morgan fingerprint density at radius 2 is 1.90 bits per heavy atom. The molecule has 1 rings (SSSR count). The van der Waals surface area contributed by atoms with Crippen molar-refractivity contribution in [3.8, 4) is 0 Å². The quantitative estimate of drug-likeness (QED) is 0.714. The molecular weight excluding hydrogens is 252 g/mol. The van der Waals surface area contributed by atoms with Crippen LogP contribution < -0.4 is 11.1 Å². The summed E-state index contributed by atoms with van der Waals surface area (Å²) in [5, 5.41) is 2.59. The van der Waals surface area contributed by atoms with E-state index in [0.717, 1.165) is 24.8 Å². The molecule has 4 nitrogen and oxygen atoms in total. The lowest BCUT2D eigenvalue weighted by molar-refractivity contribution is -0.120. The summed E-state index contributed by atoms with van der Waals surface area (Å²) in [7, 11) is 1.63. The first kappa shape index (κ1) is 16.4. The van der Waals surface area contributed by atoms with Crippen molar-refractivity contribution >= 4 is 11.7 Å². The van der Waals surface area contributed by atoms with Gasteiger partial charge in [0.15, 0.2) is 5.78 Å². The topological polar surface area (TPSA) is 72.2 Å². The Balaban J connectivity index is 2.57. The van der Waals surface area contributed by atoms with Gasteiger partial charge in [-0.15, -0.1) is 0 Å². The fraction of sp³-hybridized carbons (Fsp3) is 0.500. The maximum Gasteiger partial charge on any atom is 0.220 e. The van der Waals surface area contributed by atoms with Crippen molar-refractivity contribution in [3.63, 3.8) is 0 Å². The average molecular weight is 276 g/mol. The standard InChI is InChI=1S/C16H24N2O2/c1-3-4-5-14(17)16(20)13-9-6-12(7-10-13)8-11-15(19)18-2/h6-7,9-10,14H,3-5,8,11,17H2,1-2H3,(H,18,19). The van der Waals surface area contributed by atoms with Gasteiger partial charge in [0.1, 0.15) is 0 Å². The zero-order chi connectivity index (χ0) is 15.0. The highest BCUT2D eigenvalue weighted by atomic mass is 16.1. The van der Waals surface area contributed by atoms with Gasteiger partial charge < -0.3 is 11.1 Å². The Bertz CT molecular complexity index is 440. The van der Waals surface area contributed by atoms with Crippen molar-refractivity contribution in [1.82, 2.24) is 5.32 Å². The van der Waals surface area contributed by atoms with E-state index in [1.165, 1.54) is 0 Å². The third kappa shape index (κ3) is 5.13. The number of unbranched alkanes of at least 4 members (excludes halogenated alkanes) is 1. The average Bonchev–Trinajstić information content (AvgIpc) is 2.49. The Kier molecular flexibility index (Phi) is 6.94. The first-order valence-electron chi connectivity index (χ1n) is 7.17. The second kappa shape index (κ2) is 8.48. The molecule has 3 N–H and O–H groups in total. The number of amides is 1. The van der Waals surface area contributed by atoms with Crippen LogP contribution in [0.1, 0.15) is 48.5 Å². The van der Waals surface area contributed by atoms with Gasteiger partial charge >= 0.3 is 0 Å². The summed E-state index contributed by atoms with van der Waals surface area (Å²) in [4.78, 5) is 23.3. The zero-order valence-electron chi connectivity index (χ0n) is 12.3. The van der Waals surface area contributed by atoms with Crippen LogP contribution in [0.25, 0.3) is 0 Å². The number of carbonyl (C=O) groups excluding carboxylic acids is 2. The molecule has 0 aliphatic heterocycles. The molecule has 4 heteroatoms. The first-order valence-corrected chi connectivity index (χ1v) is 7.17. The van der Waals surface area contributed by atoms with Gasteiger partial charge in [0.2, 0.25) is 5.91 Å². The summed E-state index contributed by atoms with van der Waals surface area (Å²) >= 11 is 0. The highest BCUT2D eigenvalue weighted by molar-refractivity contribution is 5.99. The third-order valence-corrected chi connectivity index (χ3v) is 3.36. The van der Waals surface area contributed by atoms with Gasteiger partial charge in [0.05, 0.1) is 6.04 Å². The van der Waals surface area contributed by atoms with E-state index in [-0.39, 0.29) is 11.7 Å². The molecule has 0 saturated carbocycles. The number of hydrogen-bond acceptors (Lipinski definition) is 3. The van der Waals surface area contributed by atoms with Gasteiger partial charge in [0, 0.05) is 19.0 Å². The van der Waals surface area contributed by atoms with E-state index in [2.05, 4.69) is 12.2 Å². The van der Waals surface area contributed by atoms with E-state index in [9.17, 15) is 9.59 Å². The smallest absolute Gasteiger partial charge is 0.220 e. The summed E-state index contributed by atoms with van der Waals surface area (Å²) in [6.07, 6.45) is 3.88. The highest BCUT2D eigenvalue weighted by Gasteiger charge is 2.14. The third-order valence-electron chi connectivity index (χ3n) is 3.36. The van der Waals surface area contributed by atoms with Crippen molar-refractivity contribution < 1.29 is 9.59 Å². The van der Waals surface area contributed by atoms with E-state index in [1.54, 1.807) is 19.2 Å². The lowest BCUT2D eigenvalue weighted by atomic mass is 9.98. The van der Waals surface area contributed by atoms with Crippen LogP contribution in [-0.2, 0) is 11.2 Å². The highest BCUT2D eigenvalue weighted by Crippen LogP contribution is 2.11. The number of nitrogens with two attached hydrogens (primary N) is 1. The summed E-state index contributed by atoms with van der Waals surface area (Å²) in [6.45, 7) is 2.08. The zero-order valence-corrected chi connectivity index (χ0v) is 12.3. The number of ketones is 1. The lowest BCUT2D eigenvalue weighted by Gasteiger charge is -2.10. The summed E-state index contributed by atoms with van der Waals surface area (Å²) in [5.41, 5.74) is 7.59. The molecule has 0 heterocycles. The van der Waals surface area contributed by atoms with Gasteiger partial charge in [-0.1, -0.05) is 44.0 Å². The SMILES string of the molecule is CCCCC(N)C(=O)c1ccc(CCC(=O)NC)cc1. The van der Waals surface area contributed by atoms with Crippen LogP contribution >= 0.6 is 0 Å². The Hall–Kier alpha value is -1.68. The molecule has 0 bridgehead atoms. The minimum Gasteiger partial charge on any atom is -0.359 e. The molecular formula is C16H24N2O2. The normalized spacial score (nSPS) is 11.9. The molecule has 110 valence electrons. The predicted octanol–water partition coefficient (Wildman–Crippen LogP) is 2.07. The fourth-order valence-electron chi connectivity index (χ4n) is 1.99. The Morgan fingerprint density at radius 3 is 2.45 bits per heavy atom. The van der Waals surface area contributed by atoms with Gasteiger partial charge in [-0.3, -0.25) is 9.59 Å². The number of rotatable bonds is 8. The van der Waals surface area contributed by atoms with Crippen molar-refractivity contribution in [2.24, 2.45) is 5.73 Å². The fourth-order valence-corrected chi connectivity index (χ4v) is 1.99. The molecule has 0 fully saturated rings. The van der Waals surface area contributed by atoms with Gasteiger partial charge in [-0.05, 0) is 18.4 Å². The van der Waals surface area contributed by atoms with Gasteiger partial charge in [0.25, 0.3) is 0 Å². The largest absolute Gasteiger partial charge is 0.359 e. The maximum atomic E-state index is 12.1. The van der Waals surface area contributed by atoms with E-state index < -0.39 is 6.04 Å². The number of carbonyl (C=O) groups is 2. The molecule has 0 radical (unpaired) electrons. The van der Waals surface area contributed by atoms with Crippen molar-refractivity contribution in [1.29, 1.82) is 0 Å². The second-order valence-corrected chi connectivity index (χ2v) is 4.98. The molecule has 20 heavy (non-hydrogen) atoms. The number of nitrogens with one attached hydrogen (secondary N) is 1. The Labute approximate surface area is 120 Å². The molecule has 0 spiro atoms. The van der Waals surface area contributed by atoms with Crippen LogP contribution in [0.15, 0.2) is 24.3 Å². The number of aryl methyl sites for hydroxylation is 1. The molecule has 0 aromatic heterocycles. The van der Waals surface area contributed by atoms with Crippen LogP contribution in [0.5, 0.6) is 0 Å². The van der Waals surface area contributed by atoms with Crippen molar-refractivity contribution in [2.75, 3.05) is 7.05 Å². The van der Waals surface area contributed by atoms with E-state index in [4.69, 9.17) is 5.73 Å². The second-order valence-electron chi connectivity index (χ2n) is 4.98. The minimum absolute atomic E-state index is 0.00342. The summed E-state index contributed by atoms with van der Waals surface area (Å²) in [5.74, 6) is 0.0167. The van der Waals surface area contributed by atoms with Crippen molar-refractivity contribution in [2.45, 2.75) is 45.1 Å². The first-order chi connectivity index (χ1) is 9.58. The van der Waals surface area contributed by atoms with Crippen LogP contribution in [0, 0.1) is 0 Å². The maximum absolute atomic E-state index is 12.1. The molecule has 1 atom stereocenters. The van der Waals surface area contributed by atoms with Crippen LogP contribution in [-0.4, -0.2) is 24.8 Å². The summed E-state index contributed by atoms with van der Waals surface area (Å²) < 4.78 is 0. The molecule has 0 saturated heterocycles. The number of hydrogen-bond donors (Lipinski definition) is 2. The van der Waals surface area contributed by atoms with E-state index >= 15 is 0 Å². The molecule has 1 unspecified atom stereocenters. The molecule has 1 aromatic carbocycles. The number of Topliss-reactive ketones (excluding diaryl/α,β-unsaturated/α-hetero) is 1. The van der Waals surface area contributed by atoms with Crippen LogP contribution in [0.2, 0.25) is 0 Å². The minimum atomic E-state index is -0.410. The molecule has 0 aliphatic rings. The predicted molar refractivity (Wildman–Crippen MR) is 80.7 cm³/mol. The molecule has 1 aromatic rings. The molecule has 1 amide bonds. The number of benzene rings is 1. The monoisotopic (exact) mass is 276 g/mol. The van der Waals surface area contributed by atoms with E-state index in [1.807, 2.05) is 12.1 Å². The van der Waals surface area contributed by atoms with Gasteiger partial charge in [-0.2, -0.15) is 0 Å². The van der Waals surface area contributed by atoms with Gasteiger partial charge in [-0.25, -0.2) is 0 Å². The Morgan fingerprint density at radius 1 is 1.25 bits per heavy atom. The lowest BCUT2D eigenvalue weighted by Crippen LogP contribution is -2.30. The van der Waals surface area contributed by atoms with Crippen LogP contribution in [0.3, 0.4) is 0 Å². The van der Waals surface area contributed by atoms with E-state index in [0.29, 0.717) is 18.4 Å². The van der Waals surface area contributed by atoms with Crippen LogP contribution in [0.4, 0.5) is 0 Å². The van der Waals surface area contributed by atoms with Crippen molar-refractivity contribution in [3.05, 3.63) is 35.4 Å². The summed E-state index contributed by atoms with van der Waals surface area (Å²) in [6, 6.07) is 6.97. The molecule has 0 aliphatic carbocycles.